The first-order chi connectivity index (χ1) is 7.35. The van der Waals surface area contributed by atoms with Crippen LogP contribution in [0.3, 0.4) is 0 Å². The van der Waals surface area contributed by atoms with Crippen LogP contribution in [0.5, 0.6) is 5.75 Å². The van der Waals surface area contributed by atoms with Crippen LogP contribution in [0.1, 0.15) is 31.2 Å². The van der Waals surface area contributed by atoms with Crippen molar-refractivity contribution in [3.63, 3.8) is 0 Å². The Morgan fingerprint density at radius 2 is 2.00 bits per heavy atom. The number of ether oxygens (including phenoxy) is 1. The molecule has 0 heterocycles. The molecule has 82 valence electrons. The summed E-state index contributed by atoms with van der Waals surface area (Å²) in [5.41, 5.74) is 1.36. The lowest BCUT2D eigenvalue weighted by molar-refractivity contribution is 0.340. The molecule has 1 aliphatic rings. The van der Waals surface area contributed by atoms with Gasteiger partial charge in [-0.2, -0.15) is 0 Å². The number of benzene rings is 1. The van der Waals surface area contributed by atoms with Gasteiger partial charge in [0.05, 0.1) is 6.61 Å². The second kappa shape index (κ2) is 4.89. The molecule has 0 spiro atoms. The zero-order valence-electron chi connectivity index (χ0n) is 9.08. The van der Waals surface area contributed by atoms with E-state index >= 15 is 0 Å². The Morgan fingerprint density at radius 3 is 2.47 bits per heavy atom. The molecule has 1 aromatic rings. The molecule has 1 aliphatic carbocycles. The molecule has 0 aliphatic heterocycles. The van der Waals surface area contributed by atoms with Gasteiger partial charge in [0.25, 0.3) is 0 Å². The topological polar surface area (TPSA) is 9.23 Å². The van der Waals surface area contributed by atoms with Gasteiger partial charge in [0.15, 0.2) is 0 Å². The highest BCUT2D eigenvalue weighted by molar-refractivity contribution is 6.18. The van der Waals surface area contributed by atoms with Crippen molar-refractivity contribution in [1.82, 2.24) is 0 Å². The van der Waals surface area contributed by atoms with E-state index in [1.165, 1.54) is 18.4 Å². The third-order valence-electron chi connectivity index (χ3n) is 2.98. The molecule has 0 aromatic heterocycles. The minimum atomic E-state index is 0.544. The third kappa shape index (κ3) is 2.66. The minimum Gasteiger partial charge on any atom is -0.494 e. The Bertz CT molecular complexity index is 303. The average Bonchev–Trinajstić information content (AvgIpc) is 3.06. The normalized spacial score (nSPS) is 17.5. The van der Waals surface area contributed by atoms with Gasteiger partial charge in [0.2, 0.25) is 0 Å². The molecule has 15 heavy (non-hydrogen) atoms. The van der Waals surface area contributed by atoms with Gasteiger partial charge < -0.3 is 4.74 Å². The Labute approximate surface area is 96.4 Å². The van der Waals surface area contributed by atoms with E-state index in [9.17, 15) is 0 Å². The first-order valence-corrected chi connectivity index (χ1v) is 6.17. The first-order valence-electron chi connectivity index (χ1n) is 5.64. The van der Waals surface area contributed by atoms with Crippen LogP contribution < -0.4 is 4.74 Å². The second-order valence-corrected chi connectivity index (χ2v) is 4.41. The van der Waals surface area contributed by atoms with Crippen LogP contribution in [0.25, 0.3) is 0 Å². The van der Waals surface area contributed by atoms with Crippen molar-refractivity contribution in [3.8, 4) is 5.75 Å². The number of halogens is 1. The summed E-state index contributed by atoms with van der Waals surface area (Å²) in [6.07, 6.45) is 2.68. The Hall–Kier alpha value is -0.690. The molecule has 0 saturated heterocycles. The molecule has 2 heteroatoms. The van der Waals surface area contributed by atoms with Gasteiger partial charge in [-0.05, 0) is 43.4 Å². The molecule has 0 bridgehead atoms. The van der Waals surface area contributed by atoms with Crippen LogP contribution in [-0.4, -0.2) is 12.5 Å². The van der Waals surface area contributed by atoms with E-state index in [4.69, 9.17) is 16.3 Å². The summed E-state index contributed by atoms with van der Waals surface area (Å²) in [7, 11) is 0. The van der Waals surface area contributed by atoms with E-state index in [-0.39, 0.29) is 0 Å². The molecular formula is C13H17ClO. The average molecular weight is 225 g/mol. The summed E-state index contributed by atoms with van der Waals surface area (Å²) in [6, 6.07) is 8.38. The first kappa shape index (κ1) is 10.8. The largest absolute Gasteiger partial charge is 0.494 e. The summed E-state index contributed by atoms with van der Waals surface area (Å²) in [4.78, 5) is 0. The van der Waals surface area contributed by atoms with E-state index < -0.39 is 0 Å². The van der Waals surface area contributed by atoms with Crippen molar-refractivity contribution >= 4 is 11.6 Å². The third-order valence-corrected chi connectivity index (χ3v) is 3.31. The predicted octanol–water partition coefficient (Wildman–Crippen LogP) is 3.82. The predicted molar refractivity (Wildman–Crippen MR) is 63.8 cm³/mol. The fraction of sp³-hybridized carbons (Fsp3) is 0.538. The minimum absolute atomic E-state index is 0.544. The Morgan fingerprint density at radius 1 is 1.33 bits per heavy atom. The van der Waals surface area contributed by atoms with Crippen LogP contribution >= 0.6 is 11.6 Å². The highest BCUT2D eigenvalue weighted by Gasteiger charge is 2.31. The molecule has 1 saturated carbocycles. The quantitative estimate of drug-likeness (QED) is 0.691. The zero-order valence-corrected chi connectivity index (χ0v) is 9.83. The van der Waals surface area contributed by atoms with Gasteiger partial charge in [-0.1, -0.05) is 12.1 Å². The zero-order chi connectivity index (χ0) is 10.7. The van der Waals surface area contributed by atoms with Crippen LogP contribution in [0.2, 0.25) is 0 Å². The SMILES string of the molecule is CCOc1ccc(C(CCl)C2CC2)cc1. The van der Waals surface area contributed by atoms with Gasteiger partial charge >= 0.3 is 0 Å². The summed E-state index contributed by atoms with van der Waals surface area (Å²) in [5.74, 6) is 3.05. The van der Waals surface area contributed by atoms with Crippen LogP contribution in [-0.2, 0) is 0 Å². The molecule has 1 unspecified atom stereocenters. The number of alkyl halides is 1. The van der Waals surface area contributed by atoms with E-state index in [0.29, 0.717) is 5.92 Å². The molecule has 2 rings (SSSR count). The van der Waals surface area contributed by atoms with Crippen molar-refractivity contribution in [2.45, 2.75) is 25.7 Å². The van der Waals surface area contributed by atoms with E-state index in [1.807, 2.05) is 19.1 Å². The maximum absolute atomic E-state index is 6.01. The highest BCUT2D eigenvalue weighted by Crippen LogP contribution is 2.43. The number of rotatable bonds is 5. The molecule has 0 amide bonds. The van der Waals surface area contributed by atoms with E-state index in [2.05, 4.69) is 12.1 Å². The second-order valence-electron chi connectivity index (χ2n) is 4.10. The smallest absolute Gasteiger partial charge is 0.119 e. The lowest BCUT2D eigenvalue weighted by Crippen LogP contribution is -2.02. The molecule has 1 fully saturated rings. The number of hydrogen-bond donors (Lipinski definition) is 0. The molecular weight excluding hydrogens is 208 g/mol. The van der Waals surface area contributed by atoms with Crippen molar-refractivity contribution in [2.75, 3.05) is 12.5 Å². The summed E-state index contributed by atoms with van der Waals surface area (Å²) < 4.78 is 5.42. The van der Waals surface area contributed by atoms with Crippen molar-refractivity contribution in [1.29, 1.82) is 0 Å². The van der Waals surface area contributed by atoms with Gasteiger partial charge in [-0.3, -0.25) is 0 Å². The van der Waals surface area contributed by atoms with Gasteiger partial charge in [0, 0.05) is 11.8 Å². The van der Waals surface area contributed by atoms with Gasteiger partial charge in [-0.15, -0.1) is 11.6 Å². The van der Waals surface area contributed by atoms with Crippen molar-refractivity contribution < 1.29 is 4.74 Å². The standard InChI is InChI=1S/C13H17ClO/c1-2-15-12-7-5-11(6-8-12)13(9-14)10-3-4-10/h5-8,10,13H,2-4,9H2,1H3. The molecule has 0 N–H and O–H groups in total. The lowest BCUT2D eigenvalue weighted by atomic mass is 9.96. The van der Waals surface area contributed by atoms with E-state index in [0.717, 1.165) is 24.2 Å². The van der Waals surface area contributed by atoms with E-state index in [1.54, 1.807) is 0 Å². The van der Waals surface area contributed by atoms with Crippen LogP contribution in [0.4, 0.5) is 0 Å². The molecule has 0 radical (unpaired) electrons. The lowest BCUT2D eigenvalue weighted by Gasteiger charge is -2.13. The summed E-state index contributed by atoms with van der Waals surface area (Å²) in [5, 5.41) is 0. The van der Waals surface area contributed by atoms with Crippen molar-refractivity contribution in [2.24, 2.45) is 5.92 Å². The molecule has 1 atom stereocenters. The molecule has 1 nitrogen and oxygen atoms in total. The Balaban J connectivity index is 2.07. The fourth-order valence-electron chi connectivity index (χ4n) is 1.96. The van der Waals surface area contributed by atoms with Gasteiger partial charge in [0.1, 0.15) is 5.75 Å². The monoisotopic (exact) mass is 224 g/mol. The summed E-state index contributed by atoms with van der Waals surface area (Å²) >= 11 is 6.01. The maximum Gasteiger partial charge on any atom is 0.119 e. The maximum atomic E-state index is 6.01. The van der Waals surface area contributed by atoms with Crippen LogP contribution in [0, 0.1) is 5.92 Å². The number of hydrogen-bond acceptors (Lipinski definition) is 1. The van der Waals surface area contributed by atoms with Crippen molar-refractivity contribution in [3.05, 3.63) is 29.8 Å². The summed E-state index contributed by atoms with van der Waals surface area (Å²) in [6.45, 7) is 2.72. The Kier molecular flexibility index (Phi) is 3.53. The van der Waals surface area contributed by atoms with Crippen LogP contribution in [0.15, 0.2) is 24.3 Å². The molecule has 1 aromatic carbocycles. The van der Waals surface area contributed by atoms with Gasteiger partial charge in [-0.25, -0.2) is 0 Å². The highest BCUT2D eigenvalue weighted by atomic mass is 35.5. The fourth-order valence-corrected chi connectivity index (χ4v) is 2.39.